The lowest BCUT2D eigenvalue weighted by atomic mass is 10.1. The number of anilines is 2. The molecule has 0 spiro atoms. The smallest absolute Gasteiger partial charge is 0.335 e. The van der Waals surface area contributed by atoms with Crippen LogP contribution in [0.2, 0.25) is 0 Å². The molecular weight excluding hydrogens is 244 g/mol. The molecule has 4 N–H and O–H groups in total. The van der Waals surface area contributed by atoms with Gasteiger partial charge in [0.15, 0.2) is 0 Å². The van der Waals surface area contributed by atoms with Crippen LogP contribution < -0.4 is 11.1 Å². The molecule has 0 radical (unpaired) electrons. The maximum Gasteiger partial charge on any atom is 0.335 e. The molecule has 2 rings (SSSR count). The van der Waals surface area contributed by atoms with Crippen molar-refractivity contribution in [3.8, 4) is 0 Å². The van der Waals surface area contributed by atoms with Crippen molar-refractivity contribution in [2.24, 2.45) is 5.73 Å². The largest absolute Gasteiger partial charge is 0.478 e. The quantitative estimate of drug-likeness (QED) is 0.782. The van der Waals surface area contributed by atoms with E-state index in [1.165, 1.54) is 18.2 Å². The van der Waals surface area contributed by atoms with Gasteiger partial charge in [-0.1, -0.05) is 18.2 Å². The molecule has 0 saturated heterocycles. The fourth-order valence-electron chi connectivity index (χ4n) is 1.67. The zero-order valence-electron chi connectivity index (χ0n) is 9.96. The Kier molecular flexibility index (Phi) is 3.47. The van der Waals surface area contributed by atoms with Gasteiger partial charge >= 0.3 is 5.97 Å². The lowest BCUT2D eigenvalue weighted by Crippen LogP contribution is -2.14. The number of para-hydroxylation sites is 1. The van der Waals surface area contributed by atoms with Crippen LogP contribution in [-0.4, -0.2) is 17.0 Å². The SMILES string of the molecule is NC(=O)c1ccc(C(=O)O)cc1Nc1ccccc1. The van der Waals surface area contributed by atoms with Gasteiger partial charge in [0.25, 0.3) is 5.91 Å². The normalized spacial score (nSPS) is 9.89. The van der Waals surface area contributed by atoms with Gasteiger partial charge in [-0.15, -0.1) is 0 Å². The Labute approximate surface area is 109 Å². The summed E-state index contributed by atoms with van der Waals surface area (Å²) in [5, 5.41) is 11.9. The van der Waals surface area contributed by atoms with Gasteiger partial charge in [0.2, 0.25) is 0 Å². The van der Waals surface area contributed by atoms with Crippen LogP contribution in [0.5, 0.6) is 0 Å². The van der Waals surface area contributed by atoms with Crippen LogP contribution in [0.15, 0.2) is 48.5 Å². The van der Waals surface area contributed by atoms with Gasteiger partial charge in [-0.05, 0) is 30.3 Å². The highest BCUT2D eigenvalue weighted by Crippen LogP contribution is 2.22. The summed E-state index contributed by atoms with van der Waals surface area (Å²) in [5.74, 6) is -1.68. The molecule has 1 amide bonds. The predicted molar refractivity (Wildman–Crippen MR) is 71.6 cm³/mol. The molecule has 0 aliphatic heterocycles. The first-order chi connectivity index (χ1) is 9.08. The van der Waals surface area contributed by atoms with Crippen molar-refractivity contribution in [3.05, 3.63) is 59.7 Å². The van der Waals surface area contributed by atoms with Gasteiger partial charge in [0, 0.05) is 5.69 Å². The van der Waals surface area contributed by atoms with Gasteiger partial charge in [0.1, 0.15) is 0 Å². The summed E-state index contributed by atoms with van der Waals surface area (Å²) in [6.07, 6.45) is 0. The first kappa shape index (κ1) is 12.6. The van der Waals surface area contributed by atoms with Crippen LogP contribution in [0.4, 0.5) is 11.4 Å². The number of hydrogen-bond donors (Lipinski definition) is 3. The Morgan fingerprint density at radius 1 is 1.05 bits per heavy atom. The lowest BCUT2D eigenvalue weighted by Gasteiger charge is -2.11. The second kappa shape index (κ2) is 5.22. The average molecular weight is 256 g/mol. The Morgan fingerprint density at radius 2 is 1.74 bits per heavy atom. The number of carbonyl (C=O) groups excluding carboxylic acids is 1. The first-order valence-corrected chi connectivity index (χ1v) is 5.57. The molecule has 0 aliphatic carbocycles. The molecule has 2 aromatic carbocycles. The third kappa shape index (κ3) is 2.90. The monoisotopic (exact) mass is 256 g/mol. The van der Waals surface area contributed by atoms with Crippen LogP contribution in [0.3, 0.4) is 0 Å². The summed E-state index contributed by atoms with van der Waals surface area (Å²) in [7, 11) is 0. The maximum absolute atomic E-state index is 11.3. The van der Waals surface area contributed by atoms with Crippen LogP contribution in [0, 0.1) is 0 Å². The van der Waals surface area contributed by atoms with E-state index in [0.717, 1.165) is 5.69 Å². The van der Waals surface area contributed by atoms with E-state index in [9.17, 15) is 9.59 Å². The average Bonchev–Trinajstić information content (AvgIpc) is 2.39. The molecule has 0 fully saturated rings. The number of carboxylic acid groups (broad SMARTS) is 1. The molecular formula is C14H12N2O3. The molecule has 0 aliphatic rings. The maximum atomic E-state index is 11.3. The van der Waals surface area contributed by atoms with Crippen molar-refractivity contribution >= 4 is 23.3 Å². The summed E-state index contributed by atoms with van der Waals surface area (Å²) in [4.78, 5) is 22.3. The Hall–Kier alpha value is -2.82. The number of benzene rings is 2. The summed E-state index contributed by atoms with van der Waals surface area (Å²) in [6.45, 7) is 0. The van der Waals surface area contributed by atoms with Crippen LogP contribution >= 0.6 is 0 Å². The minimum Gasteiger partial charge on any atom is -0.478 e. The first-order valence-electron chi connectivity index (χ1n) is 5.57. The van der Waals surface area contributed by atoms with Gasteiger partial charge in [-0.3, -0.25) is 4.79 Å². The summed E-state index contributed by atoms with van der Waals surface area (Å²) >= 11 is 0. The van der Waals surface area contributed by atoms with Crippen LogP contribution in [-0.2, 0) is 0 Å². The Bertz CT molecular complexity index is 624. The molecule has 0 aromatic heterocycles. The van der Waals surface area contributed by atoms with E-state index in [1.54, 1.807) is 12.1 Å². The fraction of sp³-hybridized carbons (Fsp3) is 0. The van der Waals surface area contributed by atoms with Crippen molar-refractivity contribution < 1.29 is 14.7 Å². The van der Waals surface area contributed by atoms with Crippen molar-refractivity contribution in [1.29, 1.82) is 0 Å². The van der Waals surface area contributed by atoms with E-state index in [0.29, 0.717) is 5.69 Å². The molecule has 96 valence electrons. The standard InChI is InChI=1S/C14H12N2O3/c15-13(17)11-7-6-9(14(18)19)8-12(11)16-10-4-2-1-3-5-10/h1-8,16H,(H2,15,17)(H,18,19). The molecule has 0 heterocycles. The highest BCUT2D eigenvalue weighted by atomic mass is 16.4. The number of nitrogens with one attached hydrogen (secondary N) is 1. The second-order valence-electron chi connectivity index (χ2n) is 3.92. The number of aromatic carboxylic acids is 1. The van der Waals surface area contributed by atoms with Crippen molar-refractivity contribution in [1.82, 2.24) is 0 Å². The zero-order valence-corrected chi connectivity index (χ0v) is 9.96. The fourth-order valence-corrected chi connectivity index (χ4v) is 1.67. The van der Waals surface area contributed by atoms with E-state index in [2.05, 4.69) is 5.32 Å². The van der Waals surface area contributed by atoms with Gasteiger partial charge < -0.3 is 16.2 Å². The van der Waals surface area contributed by atoms with E-state index in [1.807, 2.05) is 18.2 Å². The lowest BCUT2D eigenvalue weighted by molar-refractivity contribution is 0.0696. The zero-order chi connectivity index (χ0) is 13.8. The van der Waals surface area contributed by atoms with Gasteiger partial charge in [-0.25, -0.2) is 4.79 Å². The summed E-state index contributed by atoms with van der Waals surface area (Å²) < 4.78 is 0. The second-order valence-corrected chi connectivity index (χ2v) is 3.92. The number of amides is 1. The van der Waals surface area contributed by atoms with Crippen LogP contribution in [0.25, 0.3) is 0 Å². The molecule has 0 unspecified atom stereocenters. The Morgan fingerprint density at radius 3 is 2.32 bits per heavy atom. The molecule has 5 nitrogen and oxygen atoms in total. The molecule has 2 aromatic rings. The predicted octanol–water partition coefficient (Wildman–Crippen LogP) is 2.23. The molecule has 5 heteroatoms. The number of carboxylic acids is 1. The van der Waals surface area contributed by atoms with Gasteiger partial charge in [0.05, 0.1) is 16.8 Å². The van der Waals surface area contributed by atoms with Crippen LogP contribution in [0.1, 0.15) is 20.7 Å². The number of hydrogen-bond acceptors (Lipinski definition) is 3. The summed E-state index contributed by atoms with van der Waals surface area (Å²) in [5.41, 5.74) is 6.72. The van der Waals surface area contributed by atoms with E-state index in [-0.39, 0.29) is 11.1 Å². The topological polar surface area (TPSA) is 92.4 Å². The van der Waals surface area contributed by atoms with E-state index < -0.39 is 11.9 Å². The van der Waals surface area contributed by atoms with E-state index in [4.69, 9.17) is 10.8 Å². The van der Waals surface area contributed by atoms with E-state index >= 15 is 0 Å². The van der Waals surface area contributed by atoms with Crippen molar-refractivity contribution in [2.75, 3.05) is 5.32 Å². The Balaban J connectivity index is 2.43. The molecule has 19 heavy (non-hydrogen) atoms. The number of primary amides is 1. The number of rotatable bonds is 4. The van der Waals surface area contributed by atoms with Crippen molar-refractivity contribution in [3.63, 3.8) is 0 Å². The minimum atomic E-state index is -1.06. The minimum absolute atomic E-state index is 0.0865. The third-order valence-corrected chi connectivity index (χ3v) is 2.58. The van der Waals surface area contributed by atoms with Gasteiger partial charge in [-0.2, -0.15) is 0 Å². The molecule has 0 atom stereocenters. The highest BCUT2D eigenvalue weighted by molar-refractivity contribution is 6.01. The highest BCUT2D eigenvalue weighted by Gasteiger charge is 2.12. The number of nitrogens with two attached hydrogens (primary N) is 1. The molecule has 0 bridgehead atoms. The molecule has 0 saturated carbocycles. The third-order valence-electron chi connectivity index (χ3n) is 2.58. The summed E-state index contributed by atoms with van der Waals surface area (Å²) in [6, 6.07) is 13.2. The van der Waals surface area contributed by atoms with Crippen molar-refractivity contribution in [2.45, 2.75) is 0 Å². The number of carbonyl (C=O) groups is 2.